The third-order valence-corrected chi connectivity index (χ3v) is 5.73. The first-order chi connectivity index (χ1) is 13.7. The van der Waals surface area contributed by atoms with Crippen molar-refractivity contribution in [2.75, 3.05) is 37.7 Å². The summed E-state index contributed by atoms with van der Waals surface area (Å²) in [5, 5.41) is 0. The highest BCUT2D eigenvalue weighted by Gasteiger charge is 2.40. The third kappa shape index (κ3) is 4.42. The maximum absolute atomic E-state index is 12.9. The van der Waals surface area contributed by atoms with Crippen molar-refractivity contribution in [3.63, 3.8) is 0 Å². The van der Waals surface area contributed by atoms with E-state index < -0.39 is 0 Å². The molecule has 0 radical (unpaired) electrons. The Balaban J connectivity index is 1.34. The highest BCUT2D eigenvalue weighted by Crippen LogP contribution is 2.33. The lowest BCUT2D eigenvalue weighted by Gasteiger charge is -2.41. The molecular weight excluding hydrogens is 350 g/mol. The molecular formula is C23H27N3O2. The van der Waals surface area contributed by atoms with Gasteiger partial charge < -0.3 is 14.5 Å². The number of carbonyl (C=O) groups excluding carboxylic acids is 1. The van der Waals surface area contributed by atoms with Gasteiger partial charge in [0, 0.05) is 44.3 Å². The van der Waals surface area contributed by atoms with E-state index in [2.05, 4.69) is 34.2 Å². The van der Waals surface area contributed by atoms with E-state index in [0.717, 1.165) is 31.5 Å². The van der Waals surface area contributed by atoms with Gasteiger partial charge in [-0.3, -0.25) is 9.78 Å². The molecule has 2 aliphatic heterocycles. The molecule has 0 bridgehead atoms. The zero-order valence-corrected chi connectivity index (χ0v) is 16.2. The van der Waals surface area contributed by atoms with Crippen LogP contribution in [0.3, 0.4) is 0 Å². The predicted molar refractivity (Wildman–Crippen MR) is 111 cm³/mol. The standard InChI is InChI=1S/C23H27N3O2/c27-22-19-23(10-15-25(16-11-23)21-8-12-24-13-9-21)28-18-17-26(22)14-4-7-20-5-2-1-3-6-20/h1-9,12-13H,10-11,14-19H2. The average molecular weight is 377 g/mol. The number of nitrogens with zero attached hydrogens (tertiary/aromatic N) is 3. The van der Waals surface area contributed by atoms with Gasteiger partial charge in [0.05, 0.1) is 18.6 Å². The summed E-state index contributed by atoms with van der Waals surface area (Å²) in [6.07, 6.45) is 10.0. The monoisotopic (exact) mass is 377 g/mol. The van der Waals surface area contributed by atoms with Crippen LogP contribution >= 0.6 is 0 Å². The largest absolute Gasteiger partial charge is 0.372 e. The number of rotatable bonds is 4. The molecule has 4 rings (SSSR count). The van der Waals surface area contributed by atoms with Gasteiger partial charge in [0.2, 0.25) is 5.91 Å². The van der Waals surface area contributed by atoms with Crippen molar-refractivity contribution < 1.29 is 9.53 Å². The van der Waals surface area contributed by atoms with Crippen LogP contribution in [0.1, 0.15) is 24.8 Å². The molecule has 1 aromatic carbocycles. The van der Waals surface area contributed by atoms with Gasteiger partial charge in [-0.1, -0.05) is 42.5 Å². The van der Waals surface area contributed by atoms with Crippen LogP contribution in [0.2, 0.25) is 0 Å². The van der Waals surface area contributed by atoms with Crippen LogP contribution in [0.25, 0.3) is 6.08 Å². The molecule has 0 aliphatic carbocycles. The van der Waals surface area contributed by atoms with Crippen LogP contribution in [-0.4, -0.2) is 54.2 Å². The van der Waals surface area contributed by atoms with Gasteiger partial charge in [0.15, 0.2) is 0 Å². The Kier molecular flexibility index (Phi) is 5.72. The van der Waals surface area contributed by atoms with Crippen molar-refractivity contribution in [2.24, 2.45) is 0 Å². The number of hydrogen-bond acceptors (Lipinski definition) is 4. The van der Waals surface area contributed by atoms with Crippen LogP contribution in [0.5, 0.6) is 0 Å². The van der Waals surface area contributed by atoms with E-state index in [9.17, 15) is 4.79 Å². The second kappa shape index (κ2) is 8.57. The van der Waals surface area contributed by atoms with Crippen molar-refractivity contribution in [3.8, 4) is 0 Å². The van der Waals surface area contributed by atoms with Crippen molar-refractivity contribution in [2.45, 2.75) is 24.9 Å². The summed E-state index contributed by atoms with van der Waals surface area (Å²) >= 11 is 0. The van der Waals surface area contributed by atoms with E-state index in [1.807, 2.05) is 47.6 Å². The van der Waals surface area contributed by atoms with E-state index in [0.29, 0.717) is 26.1 Å². The predicted octanol–water partition coefficient (Wildman–Crippen LogP) is 3.38. The van der Waals surface area contributed by atoms with E-state index >= 15 is 0 Å². The van der Waals surface area contributed by atoms with E-state index in [4.69, 9.17) is 4.74 Å². The molecule has 2 aliphatic rings. The van der Waals surface area contributed by atoms with E-state index in [1.54, 1.807) is 0 Å². The smallest absolute Gasteiger partial charge is 0.225 e. The first kappa shape index (κ1) is 18.7. The Morgan fingerprint density at radius 3 is 2.54 bits per heavy atom. The number of piperidine rings is 1. The highest BCUT2D eigenvalue weighted by atomic mass is 16.5. The lowest BCUT2D eigenvalue weighted by atomic mass is 9.87. The van der Waals surface area contributed by atoms with Crippen molar-refractivity contribution in [1.82, 2.24) is 9.88 Å². The minimum absolute atomic E-state index is 0.201. The zero-order valence-electron chi connectivity index (χ0n) is 16.2. The third-order valence-electron chi connectivity index (χ3n) is 5.73. The Morgan fingerprint density at radius 2 is 1.79 bits per heavy atom. The fraction of sp³-hybridized carbons (Fsp3) is 0.391. The van der Waals surface area contributed by atoms with Crippen LogP contribution in [0, 0.1) is 0 Å². The van der Waals surface area contributed by atoms with Crippen LogP contribution < -0.4 is 4.90 Å². The molecule has 0 atom stereocenters. The molecule has 146 valence electrons. The normalized spacial score (nSPS) is 19.9. The molecule has 1 aromatic heterocycles. The summed E-state index contributed by atoms with van der Waals surface area (Å²) in [4.78, 5) is 21.2. The second-order valence-electron chi connectivity index (χ2n) is 7.55. The molecule has 3 heterocycles. The van der Waals surface area contributed by atoms with Gasteiger partial charge >= 0.3 is 0 Å². The van der Waals surface area contributed by atoms with Gasteiger partial charge in [0.25, 0.3) is 0 Å². The molecule has 2 fully saturated rings. The fourth-order valence-corrected chi connectivity index (χ4v) is 4.06. The minimum Gasteiger partial charge on any atom is -0.372 e. The molecule has 1 amide bonds. The van der Waals surface area contributed by atoms with Crippen LogP contribution in [0.15, 0.2) is 60.9 Å². The number of benzene rings is 1. The Bertz CT molecular complexity index is 799. The van der Waals surface area contributed by atoms with E-state index in [1.165, 1.54) is 5.69 Å². The lowest BCUT2D eigenvalue weighted by Crippen LogP contribution is -2.47. The summed E-state index contributed by atoms with van der Waals surface area (Å²) in [7, 11) is 0. The molecule has 5 nitrogen and oxygen atoms in total. The van der Waals surface area contributed by atoms with Crippen LogP contribution in [0.4, 0.5) is 5.69 Å². The summed E-state index contributed by atoms with van der Waals surface area (Å²) < 4.78 is 6.26. The molecule has 2 aromatic rings. The van der Waals surface area contributed by atoms with Gasteiger partial charge in [-0.05, 0) is 30.5 Å². The van der Waals surface area contributed by atoms with Gasteiger partial charge in [0.1, 0.15) is 0 Å². The Morgan fingerprint density at radius 1 is 1.04 bits per heavy atom. The maximum Gasteiger partial charge on any atom is 0.225 e. The second-order valence-corrected chi connectivity index (χ2v) is 7.55. The zero-order chi connectivity index (χ0) is 19.2. The summed E-state index contributed by atoms with van der Waals surface area (Å²) in [6.45, 7) is 3.72. The quantitative estimate of drug-likeness (QED) is 0.819. The van der Waals surface area contributed by atoms with Crippen molar-refractivity contribution >= 4 is 17.7 Å². The Labute approximate surface area is 166 Å². The number of pyridine rings is 1. The molecule has 1 spiro atoms. The van der Waals surface area contributed by atoms with Crippen molar-refractivity contribution in [3.05, 3.63) is 66.5 Å². The number of hydrogen-bond donors (Lipinski definition) is 0. The van der Waals surface area contributed by atoms with Crippen LogP contribution in [-0.2, 0) is 9.53 Å². The van der Waals surface area contributed by atoms with Crippen molar-refractivity contribution in [1.29, 1.82) is 0 Å². The molecule has 0 unspecified atom stereocenters. The molecule has 0 saturated carbocycles. The lowest BCUT2D eigenvalue weighted by molar-refractivity contribution is -0.133. The average Bonchev–Trinajstić information content (AvgIpc) is 2.89. The first-order valence-corrected chi connectivity index (χ1v) is 10.0. The number of ether oxygens (including phenoxy) is 1. The minimum atomic E-state index is -0.307. The summed E-state index contributed by atoms with van der Waals surface area (Å²) in [5.74, 6) is 0.201. The topological polar surface area (TPSA) is 45.7 Å². The molecule has 28 heavy (non-hydrogen) atoms. The fourth-order valence-electron chi connectivity index (χ4n) is 4.06. The van der Waals surface area contributed by atoms with Gasteiger partial charge in [-0.25, -0.2) is 0 Å². The van der Waals surface area contributed by atoms with Gasteiger partial charge in [-0.2, -0.15) is 0 Å². The first-order valence-electron chi connectivity index (χ1n) is 10.0. The number of carbonyl (C=O) groups is 1. The number of aromatic nitrogens is 1. The maximum atomic E-state index is 12.9. The molecule has 5 heteroatoms. The van der Waals surface area contributed by atoms with Gasteiger partial charge in [-0.15, -0.1) is 0 Å². The molecule has 0 N–H and O–H groups in total. The number of amides is 1. The molecule has 2 saturated heterocycles. The highest BCUT2D eigenvalue weighted by molar-refractivity contribution is 5.78. The SMILES string of the molecule is O=C1CC2(CCN(c3ccncc3)CC2)OCCN1CC=Cc1ccccc1. The summed E-state index contributed by atoms with van der Waals surface area (Å²) in [5.41, 5.74) is 2.04. The Hall–Kier alpha value is -2.66. The number of anilines is 1. The summed E-state index contributed by atoms with van der Waals surface area (Å²) in [6, 6.07) is 14.3. The van der Waals surface area contributed by atoms with E-state index in [-0.39, 0.29) is 11.5 Å².